The highest BCUT2D eigenvalue weighted by atomic mass is 35.5. The molecule has 1 aromatic carbocycles. The molecule has 15 heavy (non-hydrogen) atoms. The number of likely N-dealkylation sites (N-methyl/N-ethyl adjacent to an activating group) is 1. The lowest BCUT2D eigenvalue weighted by atomic mass is 10.1. The number of benzene rings is 1. The van der Waals surface area contributed by atoms with Crippen molar-refractivity contribution in [1.82, 2.24) is 5.32 Å². The van der Waals surface area contributed by atoms with Crippen LogP contribution in [0.4, 0.5) is 0 Å². The second-order valence-electron chi connectivity index (χ2n) is 3.26. The lowest BCUT2D eigenvalue weighted by Crippen LogP contribution is -2.03. The fraction of sp³-hybridized carbons (Fsp3) is 0.250. The highest BCUT2D eigenvalue weighted by Gasteiger charge is 2.04. The lowest BCUT2D eigenvalue weighted by molar-refractivity contribution is 0.101. The Bertz CT molecular complexity index is 385. The monoisotopic (exact) mass is 223 g/mol. The Hall–Kier alpha value is -1.12. The van der Waals surface area contributed by atoms with E-state index in [0.29, 0.717) is 10.6 Å². The molecule has 1 N–H and O–H groups in total. The number of rotatable bonds is 4. The lowest BCUT2D eigenvalue weighted by Gasteiger charge is -2.01. The Morgan fingerprint density at radius 3 is 2.87 bits per heavy atom. The summed E-state index contributed by atoms with van der Waals surface area (Å²) in [6.45, 7) is 2.32. The van der Waals surface area contributed by atoms with E-state index in [-0.39, 0.29) is 5.78 Å². The molecule has 0 heterocycles. The van der Waals surface area contributed by atoms with Gasteiger partial charge in [0, 0.05) is 12.1 Å². The summed E-state index contributed by atoms with van der Waals surface area (Å²) in [5, 5.41) is 3.51. The van der Waals surface area contributed by atoms with Crippen LogP contribution in [-0.4, -0.2) is 19.4 Å². The van der Waals surface area contributed by atoms with Crippen LogP contribution in [0, 0.1) is 0 Å². The zero-order valence-corrected chi connectivity index (χ0v) is 9.64. The van der Waals surface area contributed by atoms with Gasteiger partial charge in [-0.2, -0.15) is 0 Å². The number of halogens is 1. The maximum Gasteiger partial charge on any atom is 0.161 e. The zero-order chi connectivity index (χ0) is 11.3. The largest absolute Gasteiger partial charge is 0.316 e. The highest BCUT2D eigenvalue weighted by Crippen LogP contribution is 2.18. The summed E-state index contributed by atoms with van der Waals surface area (Å²) in [6, 6.07) is 5.44. The predicted molar refractivity (Wildman–Crippen MR) is 64.4 cm³/mol. The van der Waals surface area contributed by atoms with Gasteiger partial charge in [0.15, 0.2) is 5.78 Å². The van der Waals surface area contributed by atoms with Crippen LogP contribution in [0.1, 0.15) is 22.8 Å². The molecule has 0 unspecified atom stereocenters. The minimum atomic E-state index is -0.0103. The molecule has 1 aromatic rings. The van der Waals surface area contributed by atoms with E-state index in [2.05, 4.69) is 5.32 Å². The van der Waals surface area contributed by atoms with Gasteiger partial charge in [0.2, 0.25) is 0 Å². The van der Waals surface area contributed by atoms with Crippen molar-refractivity contribution in [3.63, 3.8) is 0 Å². The summed E-state index contributed by atoms with van der Waals surface area (Å²) in [6.07, 6.45) is 3.95. The standard InChI is InChI=1S/C12H14ClNO/c1-9(15)11-8-10(4-3-7-14-2)5-6-12(11)13/h3-6,8,14H,7H2,1-2H3. The summed E-state index contributed by atoms with van der Waals surface area (Å²) in [4.78, 5) is 11.2. The van der Waals surface area contributed by atoms with Crippen molar-refractivity contribution in [2.45, 2.75) is 6.92 Å². The molecule has 0 saturated carbocycles. The first-order valence-corrected chi connectivity index (χ1v) is 5.14. The summed E-state index contributed by atoms with van der Waals surface area (Å²) in [5.41, 5.74) is 1.56. The first-order valence-electron chi connectivity index (χ1n) is 4.76. The summed E-state index contributed by atoms with van der Waals surface area (Å²) in [7, 11) is 1.88. The quantitative estimate of drug-likeness (QED) is 0.796. The highest BCUT2D eigenvalue weighted by molar-refractivity contribution is 6.33. The van der Waals surface area contributed by atoms with Crippen LogP contribution in [0.25, 0.3) is 6.08 Å². The minimum Gasteiger partial charge on any atom is -0.316 e. The number of ketones is 1. The fourth-order valence-electron chi connectivity index (χ4n) is 1.23. The zero-order valence-electron chi connectivity index (χ0n) is 8.88. The smallest absolute Gasteiger partial charge is 0.161 e. The van der Waals surface area contributed by atoms with Gasteiger partial charge in [-0.1, -0.05) is 29.8 Å². The van der Waals surface area contributed by atoms with Crippen LogP contribution in [0.2, 0.25) is 5.02 Å². The molecule has 3 heteroatoms. The van der Waals surface area contributed by atoms with Crippen LogP contribution in [0.3, 0.4) is 0 Å². The molecule has 0 aliphatic rings. The fourth-order valence-corrected chi connectivity index (χ4v) is 1.48. The molecule has 0 spiro atoms. The van der Waals surface area contributed by atoms with Crippen LogP contribution < -0.4 is 5.32 Å². The van der Waals surface area contributed by atoms with E-state index >= 15 is 0 Å². The summed E-state index contributed by atoms with van der Waals surface area (Å²) >= 11 is 5.90. The van der Waals surface area contributed by atoms with Crippen LogP contribution in [-0.2, 0) is 0 Å². The van der Waals surface area contributed by atoms with Crippen molar-refractivity contribution in [3.8, 4) is 0 Å². The molecule has 0 aliphatic heterocycles. The van der Waals surface area contributed by atoms with E-state index < -0.39 is 0 Å². The third-order valence-electron chi connectivity index (χ3n) is 2.00. The molecule has 1 rings (SSSR count). The molecule has 0 atom stereocenters. The SMILES string of the molecule is CNCC=Cc1ccc(Cl)c(C(C)=O)c1. The van der Waals surface area contributed by atoms with Crippen molar-refractivity contribution in [3.05, 3.63) is 40.4 Å². The van der Waals surface area contributed by atoms with Gasteiger partial charge in [-0.05, 0) is 31.7 Å². The Kier molecular flexibility index (Phi) is 4.53. The van der Waals surface area contributed by atoms with Crippen molar-refractivity contribution < 1.29 is 4.79 Å². The summed E-state index contributed by atoms with van der Waals surface area (Å²) in [5.74, 6) is -0.0103. The summed E-state index contributed by atoms with van der Waals surface area (Å²) < 4.78 is 0. The molecule has 80 valence electrons. The third-order valence-corrected chi connectivity index (χ3v) is 2.33. The van der Waals surface area contributed by atoms with Crippen LogP contribution in [0.5, 0.6) is 0 Å². The van der Waals surface area contributed by atoms with Gasteiger partial charge in [0.25, 0.3) is 0 Å². The van der Waals surface area contributed by atoms with E-state index in [1.807, 2.05) is 25.3 Å². The first-order chi connectivity index (χ1) is 7.15. The van der Waals surface area contributed by atoms with Gasteiger partial charge in [-0.3, -0.25) is 4.79 Å². The number of nitrogens with one attached hydrogen (secondary N) is 1. The van der Waals surface area contributed by atoms with Crippen molar-refractivity contribution in [1.29, 1.82) is 0 Å². The number of hydrogen-bond donors (Lipinski definition) is 1. The Balaban J connectivity index is 2.92. The normalized spacial score (nSPS) is 10.9. The molecule has 0 aliphatic carbocycles. The molecular formula is C12H14ClNO. The number of Topliss-reactive ketones (excluding diaryl/α,β-unsaturated/α-hetero) is 1. The Labute approximate surface area is 94.9 Å². The first kappa shape index (κ1) is 12.0. The van der Waals surface area contributed by atoms with Crippen LogP contribution in [0.15, 0.2) is 24.3 Å². The Morgan fingerprint density at radius 1 is 1.53 bits per heavy atom. The van der Waals surface area contributed by atoms with Crippen molar-refractivity contribution >= 4 is 23.5 Å². The van der Waals surface area contributed by atoms with Crippen molar-refractivity contribution in [2.75, 3.05) is 13.6 Å². The molecule has 0 fully saturated rings. The molecule has 0 amide bonds. The maximum absolute atomic E-state index is 11.2. The second kappa shape index (κ2) is 5.69. The molecule has 0 saturated heterocycles. The number of hydrogen-bond acceptors (Lipinski definition) is 2. The molecular weight excluding hydrogens is 210 g/mol. The van der Waals surface area contributed by atoms with Gasteiger partial charge < -0.3 is 5.32 Å². The van der Waals surface area contributed by atoms with E-state index in [1.54, 1.807) is 12.1 Å². The van der Waals surface area contributed by atoms with E-state index in [1.165, 1.54) is 6.92 Å². The van der Waals surface area contributed by atoms with Crippen LogP contribution >= 0.6 is 11.6 Å². The van der Waals surface area contributed by atoms with Gasteiger partial charge in [0.1, 0.15) is 0 Å². The molecule has 0 bridgehead atoms. The number of carbonyl (C=O) groups excluding carboxylic acids is 1. The number of carbonyl (C=O) groups is 1. The van der Waals surface area contributed by atoms with Gasteiger partial charge in [-0.15, -0.1) is 0 Å². The third kappa shape index (κ3) is 3.50. The van der Waals surface area contributed by atoms with E-state index in [9.17, 15) is 4.79 Å². The minimum absolute atomic E-state index is 0.0103. The average molecular weight is 224 g/mol. The molecule has 0 aromatic heterocycles. The van der Waals surface area contributed by atoms with E-state index in [4.69, 9.17) is 11.6 Å². The van der Waals surface area contributed by atoms with Gasteiger partial charge in [-0.25, -0.2) is 0 Å². The van der Waals surface area contributed by atoms with Gasteiger partial charge in [0.05, 0.1) is 5.02 Å². The van der Waals surface area contributed by atoms with Crippen molar-refractivity contribution in [2.24, 2.45) is 0 Å². The Morgan fingerprint density at radius 2 is 2.27 bits per heavy atom. The second-order valence-corrected chi connectivity index (χ2v) is 3.66. The van der Waals surface area contributed by atoms with E-state index in [0.717, 1.165) is 12.1 Å². The average Bonchev–Trinajstić information content (AvgIpc) is 2.20. The molecule has 2 nitrogen and oxygen atoms in total. The maximum atomic E-state index is 11.2. The predicted octanol–water partition coefficient (Wildman–Crippen LogP) is 2.78. The van der Waals surface area contributed by atoms with Gasteiger partial charge >= 0.3 is 0 Å². The molecule has 0 radical (unpaired) electrons. The topological polar surface area (TPSA) is 29.1 Å².